The molecule has 2 aromatic carbocycles. The van der Waals surface area contributed by atoms with Crippen LogP contribution in [0, 0.1) is 11.8 Å². The van der Waals surface area contributed by atoms with E-state index in [1.54, 1.807) is 27.7 Å². The van der Waals surface area contributed by atoms with E-state index in [9.17, 15) is 24.3 Å². The van der Waals surface area contributed by atoms with Gasteiger partial charge in [-0.15, -0.1) is 0 Å². The van der Waals surface area contributed by atoms with Crippen LogP contribution in [0.3, 0.4) is 0 Å². The molecule has 0 aromatic heterocycles. The first-order valence-corrected chi connectivity index (χ1v) is 12.3. The maximum atomic E-state index is 13.3. The van der Waals surface area contributed by atoms with Crippen LogP contribution >= 0.6 is 0 Å². The highest BCUT2D eigenvalue weighted by molar-refractivity contribution is 5.94. The summed E-state index contributed by atoms with van der Waals surface area (Å²) in [7, 11) is 0. The Morgan fingerprint density at radius 1 is 0.838 bits per heavy atom. The second-order valence-corrected chi connectivity index (χ2v) is 9.83. The van der Waals surface area contributed by atoms with Gasteiger partial charge < -0.3 is 25.8 Å². The number of benzene rings is 2. The topological polar surface area (TPSA) is 134 Å². The van der Waals surface area contributed by atoms with Gasteiger partial charge in [-0.05, 0) is 29.9 Å². The van der Waals surface area contributed by atoms with E-state index in [0.717, 1.165) is 11.1 Å². The Morgan fingerprint density at radius 3 is 1.86 bits per heavy atom. The fourth-order valence-corrected chi connectivity index (χ4v) is 3.53. The van der Waals surface area contributed by atoms with Crippen LogP contribution in [0.1, 0.15) is 45.7 Å². The highest BCUT2D eigenvalue weighted by Crippen LogP contribution is 2.18. The Bertz CT molecular complexity index is 1060. The fourth-order valence-electron chi connectivity index (χ4n) is 3.53. The first-order chi connectivity index (χ1) is 17.4. The fraction of sp³-hybridized carbons (Fsp3) is 0.429. The molecule has 0 saturated carbocycles. The molecule has 0 spiro atoms. The minimum atomic E-state index is -1.52. The van der Waals surface area contributed by atoms with Crippen molar-refractivity contribution >= 4 is 23.9 Å². The normalized spacial score (nSPS) is 14.2. The third-order valence-corrected chi connectivity index (χ3v) is 6.33. The lowest BCUT2D eigenvalue weighted by atomic mass is 9.87. The van der Waals surface area contributed by atoms with Gasteiger partial charge in [0.1, 0.15) is 24.2 Å². The Labute approximate surface area is 218 Å². The lowest BCUT2D eigenvalue weighted by Crippen LogP contribution is -2.62. The van der Waals surface area contributed by atoms with Crippen molar-refractivity contribution in [2.24, 2.45) is 11.8 Å². The molecule has 3 amide bonds. The molecule has 0 aliphatic carbocycles. The summed E-state index contributed by atoms with van der Waals surface area (Å²) in [5, 5.41) is 17.6. The molecule has 0 fully saturated rings. The van der Waals surface area contributed by atoms with Crippen molar-refractivity contribution < 1.29 is 29.0 Å². The van der Waals surface area contributed by atoms with Crippen molar-refractivity contribution in [2.45, 2.75) is 65.3 Å². The van der Waals surface area contributed by atoms with Crippen LogP contribution in [-0.2, 0) is 32.1 Å². The lowest BCUT2D eigenvalue weighted by Gasteiger charge is -2.33. The molecular weight excluding hydrogens is 474 g/mol. The van der Waals surface area contributed by atoms with E-state index in [1.807, 2.05) is 60.7 Å². The average Bonchev–Trinajstić information content (AvgIpc) is 2.86. The predicted octanol–water partition coefficient (Wildman–Crippen LogP) is 3.28. The van der Waals surface area contributed by atoms with E-state index in [0.29, 0.717) is 0 Å². The number of alkyl carbamates (subject to hydrolysis) is 1. The number of hydrogen-bond donors (Lipinski definition) is 4. The van der Waals surface area contributed by atoms with Crippen LogP contribution in [-0.4, -0.2) is 46.6 Å². The van der Waals surface area contributed by atoms with Crippen LogP contribution in [0.2, 0.25) is 0 Å². The first kappa shape index (κ1) is 29.4. The monoisotopic (exact) mass is 511 g/mol. The minimum Gasteiger partial charge on any atom is -0.480 e. The second-order valence-electron chi connectivity index (χ2n) is 9.83. The van der Waals surface area contributed by atoms with Gasteiger partial charge >= 0.3 is 12.1 Å². The molecule has 200 valence electrons. The molecule has 0 aliphatic rings. The molecular formula is C28H37N3O6. The van der Waals surface area contributed by atoms with Gasteiger partial charge in [-0.1, -0.05) is 88.4 Å². The Kier molecular flexibility index (Phi) is 10.7. The summed E-state index contributed by atoms with van der Waals surface area (Å²) in [4.78, 5) is 50.8. The van der Waals surface area contributed by atoms with E-state index in [4.69, 9.17) is 4.74 Å². The third kappa shape index (κ3) is 8.63. The van der Waals surface area contributed by atoms with E-state index in [1.165, 1.54) is 6.92 Å². The van der Waals surface area contributed by atoms with Crippen LogP contribution < -0.4 is 16.0 Å². The molecule has 0 aliphatic heterocycles. The summed E-state index contributed by atoms with van der Waals surface area (Å²) in [5.41, 5.74) is 0.0810. The zero-order valence-electron chi connectivity index (χ0n) is 22.0. The van der Waals surface area contributed by atoms with Gasteiger partial charge in [0.15, 0.2) is 0 Å². The van der Waals surface area contributed by atoms with Gasteiger partial charge in [0.2, 0.25) is 11.8 Å². The smallest absolute Gasteiger partial charge is 0.408 e. The van der Waals surface area contributed by atoms with E-state index >= 15 is 0 Å². The zero-order valence-corrected chi connectivity index (χ0v) is 22.0. The molecule has 9 heteroatoms. The summed E-state index contributed by atoms with van der Waals surface area (Å²) < 4.78 is 5.29. The summed E-state index contributed by atoms with van der Waals surface area (Å²) >= 11 is 0. The predicted molar refractivity (Wildman–Crippen MR) is 139 cm³/mol. The Balaban J connectivity index is 2.17. The summed E-state index contributed by atoms with van der Waals surface area (Å²) in [6, 6.07) is 16.2. The summed E-state index contributed by atoms with van der Waals surface area (Å²) in [6.07, 6.45) is -0.609. The zero-order chi connectivity index (χ0) is 27.6. The van der Waals surface area contributed by atoms with Crippen molar-refractivity contribution in [1.82, 2.24) is 16.0 Å². The quantitative estimate of drug-likeness (QED) is 0.346. The average molecular weight is 512 g/mol. The van der Waals surface area contributed by atoms with Gasteiger partial charge in [0.25, 0.3) is 0 Å². The van der Waals surface area contributed by atoms with Gasteiger partial charge in [0, 0.05) is 6.42 Å². The molecule has 3 atom stereocenters. The van der Waals surface area contributed by atoms with E-state index in [2.05, 4.69) is 16.0 Å². The molecule has 0 bridgehead atoms. The number of aliphatic carboxylic acids is 1. The van der Waals surface area contributed by atoms with Gasteiger partial charge in [-0.3, -0.25) is 9.59 Å². The highest BCUT2D eigenvalue weighted by Gasteiger charge is 2.40. The molecule has 37 heavy (non-hydrogen) atoms. The molecule has 2 rings (SSSR count). The van der Waals surface area contributed by atoms with Crippen LogP contribution in [0.25, 0.3) is 0 Å². The number of carbonyl (C=O) groups excluding carboxylic acids is 3. The molecule has 0 saturated heterocycles. The van der Waals surface area contributed by atoms with Crippen LogP contribution in [0.5, 0.6) is 0 Å². The van der Waals surface area contributed by atoms with E-state index in [-0.39, 0.29) is 18.9 Å². The van der Waals surface area contributed by atoms with Gasteiger partial charge in [-0.2, -0.15) is 0 Å². The Morgan fingerprint density at radius 2 is 1.38 bits per heavy atom. The summed E-state index contributed by atoms with van der Waals surface area (Å²) in [5.74, 6) is -3.13. The maximum Gasteiger partial charge on any atom is 0.408 e. The highest BCUT2D eigenvalue weighted by atomic mass is 16.5. The van der Waals surface area contributed by atoms with Crippen molar-refractivity contribution in [2.75, 3.05) is 0 Å². The summed E-state index contributed by atoms with van der Waals surface area (Å²) in [6.45, 7) is 8.33. The molecule has 4 N–H and O–H groups in total. The number of carboxylic acids is 1. The molecule has 2 aromatic rings. The second kappa shape index (κ2) is 13.4. The molecule has 0 radical (unpaired) electrons. The van der Waals surface area contributed by atoms with E-state index < -0.39 is 47.4 Å². The number of nitrogens with one attached hydrogen (secondary N) is 3. The largest absolute Gasteiger partial charge is 0.480 e. The van der Waals surface area contributed by atoms with Gasteiger partial charge in [-0.25, -0.2) is 9.59 Å². The molecule has 0 unspecified atom stereocenters. The minimum absolute atomic E-state index is 0.0341. The molecule has 9 nitrogen and oxygen atoms in total. The Hall–Kier alpha value is -3.88. The van der Waals surface area contributed by atoms with Crippen LogP contribution in [0.15, 0.2) is 60.7 Å². The number of amides is 3. The third-order valence-electron chi connectivity index (χ3n) is 6.33. The number of carboxylic acid groups (broad SMARTS) is 1. The first-order valence-electron chi connectivity index (χ1n) is 12.3. The van der Waals surface area contributed by atoms with Crippen molar-refractivity contribution in [3.05, 3.63) is 71.8 Å². The number of hydrogen-bond acceptors (Lipinski definition) is 5. The van der Waals surface area contributed by atoms with Crippen molar-refractivity contribution in [1.29, 1.82) is 0 Å². The molecule has 0 heterocycles. The van der Waals surface area contributed by atoms with Crippen molar-refractivity contribution in [3.8, 4) is 0 Å². The lowest BCUT2D eigenvalue weighted by molar-refractivity contribution is -0.149. The van der Waals surface area contributed by atoms with Crippen molar-refractivity contribution in [3.63, 3.8) is 0 Å². The number of carbonyl (C=O) groups is 4. The van der Waals surface area contributed by atoms with Gasteiger partial charge in [0.05, 0.1) is 0 Å². The standard InChI is InChI=1S/C28H37N3O6/c1-18(2)23(25(33)31-28(5,19(3)4)26(34)35)30-24(32)22(16-20-12-8-6-9-13-20)29-27(36)37-17-21-14-10-7-11-15-21/h6-15,18-19,22-23H,16-17H2,1-5H3,(H,29,36)(H,30,32)(H,31,33)(H,34,35)/t22-,23-,28-/m0/s1. The number of rotatable bonds is 12. The maximum absolute atomic E-state index is 13.3. The van der Waals surface area contributed by atoms with Crippen LogP contribution in [0.4, 0.5) is 4.79 Å². The SMILES string of the molecule is CC(C)[C@H](NC(=O)[C@H](Cc1ccccc1)NC(=O)OCc1ccccc1)C(=O)N[C@](C)(C(=O)O)C(C)C. The number of ether oxygens (including phenoxy) is 1.